The Bertz CT molecular complexity index is 984. The summed E-state index contributed by atoms with van der Waals surface area (Å²) in [6.07, 6.45) is 4.03. The molecule has 8 nitrogen and oxygen atoms in total. The lowest BCUT2D eigenvalue weighted by Crippen LogP contribution is -2.36. The van der Waals surface area contributed by atoms with Gasteiger partial charge >= 0.3 is 6.09 Å². The summed E-state index contributed by atoms with van der Waals surface area (Å²) in [6.45, 7) is 2.40. The molecule has 0 aliphatic carbocycles. The summed E-state index contributed by atoms with van der Waals surface area (Å²) in [5.41, 5.74) is 2.67. The Hall–Kier alpha value is -3.26. The van der Waals surface area contributed by atoms with Gasteiger partial charge in [0, 0.05) is 37.0 Å². The van der Waals surface area contributed by atoms with Gasteiger partial charge in [0.1, 0.15) is 11.9 Å². The van der Waals surface area contributed by atoms with Gasteiger partial charge in [0.15, 0.2) is 11.5 Å². The van der Waals surface area contributed by atoms with Gasteiger partial charge in [-0.05, 0) is 62.2 Å². The monoisotopic (exact) mass is 453 g/mol. The number of piperidine rings is 1. The molecular weight excluding hydrogens is 422 g/mol. The first-order chi connectivity index (χ1) is 16.0. The van der Waals surface area contributed by atoms with Crippen LogP contribution < -0.4 is 19.5 Å². The molecule has 1 amide bonds. The van der Waals surface area contributed by atoms with E-state index in [0.717, 1.165) is 49.4 Å². The molecule has 176 valence electrons. The molecule has 0 bridgehead atoms. The molecule has 2 aromatic carbocycles. The molecule has 2 heterocycles. The van der Waals surface area contributed by atoms with Crippen molar-refractivity contribution in [1.82, 2.24) is 4.90 Å². The molecule has 1 unspecified atom stereocenters. The number of rotatable bonds is 7. The number of hydrogen-bond donors (Lipinski definition) is 1. The zero-order valence-electron chi connectivity index (χ0n) is 19.4. The molecule has 0 saturated carbocycles. The molecule has 2 aliphatic heterocycles. The molecule has 8 heteroatoms. The Kier molecular flexibility index (Phi) is 7.34. The average molecular weight is 454 g/mol. The number of methoxy groups -OCH3 is 2. The first-order valence-electron chi connectivity index (χ1n) is 11.2. The molecular formula is C25H31N3O5. The number of benzene rings is 2. The van der Waals surface area contributed by atoms with E-state index in [2.05, 4.69) is 22.3 Å². The van der Waals surface area contributed by atoms with Crippen molar-refractivity contribution in [3.05, 3.63) is 42.0 Å². The van der Waals surface area contributed by atoms with Crippen LogP contribution in [0.2, 0.25) is 0 Å². The molecule has 2 aliphatic rings. The van der Waals surface area contributed by atoms with Gasteiger partial charge in [-0.15, -0.1) is 0 Å². The van der Waals surface area contributed by atoms with Crippen LogP contribution in [0.25, 0.3) is 0 Å². The summed E-state index contributed by atoms with van der Waals surface area (Å²) in [7, 11) is 5.32. The van der Waals surface area contributed by atoms with Crippen molar-refractivity contribution in [2.75, 3.05) is 46.3 Å². The van der Waals surface area contributed by atoms with Gasteiger partial charge in [-0.3, -0.25) is 10.3 Å². The van der Waals surface area contributed by atoms with E-state index >= 15 is 0 Å². The van der Waals surface area contributed by atoms with E-state index in [-0.39, 0.29) is 12.0 Å². The Balaban J connectivity index is 1.26. The van der Waals surface area contributed by atoms with Crippen molar-refractivity contribution in [3.63, 3.8) is 0 Å². The third-order valence-electron chi connectivity index (χ3n) is 6.00. The number of amides is 1. The smallest absolute Gasteiger partial charge is 0.411 e. The van der Waals surface area contributed by atoms with Crippen molar-refractivity contribution in [2.24, 2.45) is 10.9 Å². The molecule has 1 atom stereocenters. The summed E-state index contributed by atoms with van der Waals surface area (Å²) in [6, 6.07) is 11.2. The minimum absolute atomic E-state index is 0.0212. The van der Waals surface area contributed by atoms with Crippen molar-refractivity contribution in [2.45, 2.75) is 25.4 Å². The molecule has 0 aromatic heterocycles. The topological polar surface area (TPSA) is 81.6 Å². The van der Waals surface area contributed by atoms with Crippen molar-refractivity contribution in [3.8, 4) is 17.2 Å². The lowest BCUT2D eigenvalue weighted by Gasteiger charge is -2.28. The summed E-state index contributed by atoms with van der Waals surface area (Å²) in [5, 5.41) is 2.79. The van der Waals surface area contributed by atoms with Gasteiger partial charge in [0.25, 0.3) is 0 Å². The summed E-state index contributed by atoms with van der Waals surface area (Å²) >= 11 is 0. The third kappa shape index (κ3) is 5.96. The van der Waals surface area contributed by atoms with Crippen molar-refractivity contribution >= 4 is 23.7 Å². The van der Waals surface area contributed by atoms with Gasteiger partial charge in [0.05, 0.1) is 26.5 Å². The van der Waals surface area contributed by atoms with Crippen LogP contribution in [0, 0.1) is 5.92 Å². The van der Waals surface area contributed by atoms with Gasteiger partial charge in [-0.2, -0.15) is 0 Å². The van der Waals surface area contributed by atoms with Gasteiger partial charge in [0.2, 0.25) is 0 Å². The fraction of sp³-hybridized carbons (Fsp3) is 0.440. The normalized spacial score (nSPS) is 18.3. The number of aliphatic imine (C=N–C) groups is 1. The van der Waals surface area contributed by atoms with E-state index in [1.54, 1.807) is 14.2 Å². The second kappa shape index (κ2) is 10.6. The van der Waals surface area contributed by atoms with Crippen molar-refractivity contribution < 1.29 is 23.7 Å². The first-order valence-corrected chi connectivity index (χ1v) is 11.2. The van der Waals surface area contributed by atoms with Crippen LogP contribution in [0.3, 0.4) is 0 Å². The van der Waals surface area contributed by atoms with Gasteiger partial charge in [-0.1, -0.05) is 0 Å². The number of ether oxygens (including phenoxy) is 4. The predicted octanol–water partition coefficient (Wildman–Crippen LogP) is 4.30. The maximum absolute atomic E-state index is 12.2. The number of carbonyl (C=O) groups is 1. The fourth-order valence-corrected chi connectivity index (χ4v) is 4.06. The zero-order chi connectivity index (χ0) is 23.2. The Morgan fingerprint density at radius 1 is 1.09 bits per heavy atom. The van der Waals surface area contributed by atoms with Crippen LogP contribution in [0.4, 0.5) is 16.2 Å². The fourth-order valence-electron chi connectivity index (χ4n) is 4.06. The van der Waals surface area contributed by atoms with Crippen LogP contribution >= 0.6 is 0 Å². The molecule has 1 fully saturated rings. The van der Waals surface area contributed by atoms with Crippen LogP contribution in [0.1, 0.15) is 18.4 Å². The number of carbonyl (C=O) groups excluding carboxylic acids is 1. The first kappa shape index (κ1) is 22.9. The second-order valence-electron chi connectivity index (χ2n) is 8.45. The number of fused-ring (bicyclic) bond motifs is 1. The molecule has 1 saturated heterocycles. The highest BCUT2D eigenvalue weighted by Crippen LogP contribution is 2.37. The molecule has 0 radical (unpaired) electrons. The average Bonchev–Trinajstić information content (AvgIpc) is 2.84. The summed E-state index contributed by atoms with van der Waals surface area (Å²) < 4.78 is 22.2. The zero-order valence-corrected chi connectivity index (χ0v) is 19.4. The number of nitrogens with zero attached hydrogens (tertiary/aromatic N) is 2. The maximum atomic E-state index is 12.2. The molecule has 0 spiro atoms. The van der Waals surface area contributed by atoms with Crippen LogP contribution in [-0.4, -0.2) is 64.3 Å². The summed E-state index contributed by atoms with van der Waals surface area (Å²) in [5.74, 6) is 2.26. The number of nitrogens with one attached hydrogen (secondary N) is 1. The lowest BCUT2D eigenvalue weighted by molar-refractivity contribution is 0.0662. The van der Waals surface area contributed by atoms with E-state index in [0.29, 0.717) is 23.8 Å². The third-order valence-corrected chi connectivity index (χ3v) is 6.00. The van der Waals surface area contributed by atoms with E-state index in [1.165, 1.54) is 0 Å². The van der Waals surface area contributed by atoms with Crippen LogP contribution in [0.15, 0.2) is 41.4 Å². The molecule has 2 aromatic rings. The predicted molar refractivity (Wildman–Crippen MR) is 127 cm³/mol. The van der Waals surface area contributed by atoms with Gasteiger partial charge < -0.3 is 23.8 Å². The highest BCUT2D eigenvalue weighted by Gasteiger charge is 2.21. The highest BCUT2D eigenvalue weighted by atomic mass is 16.6. The molecule has 1 N–H and O–H groups in total. The second-order valence-corrected chi connectivity index (χ2v) is 8.45. The standard InChI is InChI=1S/C25H31N3O5/c1-28-10-8-21(9-11-28)33-25(29)27-19-4-6-20(7-5-19)32-16-17-12-18-13-23(30-2)24(31-3)14-22(18)26-15-17/h4-7,13-15,17,21H,8-12,16H2,1-3H3,(H,27,29). The van der Waals surface area contributed by atoms with Crippen LogP contribution in [-0.2, 0) is 11.2 Å². The number of anilines is 1. The Morgan fingerprint density at radius 3 is 2.48 bits per heavy atom. The van der Waals surface area contributed by atoms with Gasteiger partial charge in [-0.25, -0.2) is 4.79 Å². The van der Waals surface area contributed by atoms with E-state index < -0.39 is 6.09 Å². The van der Waals surface area contributed by atoms with E-state index in [9.17, 15) is 4.79 Å². The minimum atomic E-state index is -0.414. The summed E-state index contributed by atoms with van der Waals surface area (Å²) in [4.78, 5) is 19.0. The van der Waals surface area contributed by atoms with E-state index in [4.69, 9.17) is 18.9 Å². The number of hydrogen-bond acceptors (Lipinski definition) is 7. The van der Waals surface area contributed by atoms with Crippen molar-refractivity contribution in [1.29, 1.82) is 0 Å². The Labute approximate surface area is 194 Å². The highest BCUT2D eigenvalue weighted by molar-refractivity contribution is 5.84. The molecule has 4 rings (SSSR count). The minimum Gasteiger partial charge on any atom is -0.493 e. The quantitative estimate of drug-likeness (QED) is 0.673. The largest absolute Gasteiger partial charge is 0.493 e. The molecule has 33 heavy (non-hydrogen) atoms. The van der Waals surface area contributed by atoms with Crippen LogP contribution in [0.5, 0.6) is 17.2 Å². The Morgan fingerprint density at radius 2 is 1.79 bits per heavy atom. The van der Waals surface area contributed by atoms with E-state index in [1.807, 2.05) is 42.6 Å². The number of likely N-dealkylation sites (tertiary alicyclic amines) is 1. The SMILES string of the molecule is COc1cc2c(cc1OC)N=CC(COc1ccc(NC(=O)OC3CCN(C)CC3)cc1)C2. The maximum Gasteiger partial charge on any atom is 0.411 e. The lowest BCUT2D eigenvalue weighted by atomic mass is 9.96.